The summed E-state index contributed by atoms with van der Waals surface area (Å²) in [6.07, 6.45) is 2.01. The molecular weight excluding hydrogens is 318 g/mol. The van der Waals surface area contributed by atoms with Gasteiger partial charge in [0, 0.05) is 10.9 Å². The first-order valence-electron chi connectivity index (χ1n) is 9.18. The lowest BCUT2D eigenvalue weighted by Crippen LogP contribution is -2.12. The number of hydrogen-bond donors (Lipinski definition) is 0. The maximum Gasteiger partial charge on any atom is 0.209 e. The Morgan fingerprint density at radius 2 is 1.62 bits per heavy atom. The average Bonchev–Trinajstić information content (AvgIpc) is 2.93. The second kappa shape index (κ2) is 5.77. The molecule has 1 aliphatic heterocycles. The summed E-state index contributed by atoms with van der Waals surface area (Å²) in [5.41, 5.74) is 8.57. The fourth-order valence-electron chi connectivity index (χ4n) is 4.11. The second-order valence-corrected chi connectivity index (χ2v) is 7.14. The van der Waals surface area contributed by atoms with E-state index in [1.807, 2.05) is 6.07 Å². The number of nitrogens with zero attached hydrogens (tertiary/aromatic N) is 1. The van der Waals surface area contributed by atoms with Gasteiger partial charge in [0.25, 0.3) is 0 Å². The Hall–Kier alpha value is -3.00. The minimum absolute atomic E-state index is 0.961. The summed E-state index contributed by atoms with van der Waals surface area (Å²) in [7, 11) is 0. The topological polar surface area (TPSA) is 16.4 Å². The van der Waals surface area contributed by atoms with E-state index in [2.05, 4.69) is 79.4 Å². The van der Waals surface area contributed by atoms with E-state index in [-0.39, 0.29) is 0 Å². The predicted molar refractivity (Wildman–Crippen MR) is 108 cm³/mol. The molecule has 2 heterocycles. The number of anilines is 3. The Morgan fingerprint density at radius 3 is 2.50 bits per heavy atom. The van der Waals surface area contributed by atoms with Gasteiger partial charge in [0.1, 0.15) is 5.58 Å². The maximum absolute atomic E-state index is 6.41. The van der Waals surface area contributed by atoms with E-state index in [1.165, 1.54) is 39.0 Å². The quantitative estimate of drug-likeness (QED) is 0.387. The molecule has 0 unspecified atom stereocenters. The molecule has 0 radical (unpaired) electrons. The van der Waals surface area contributed by atoms with Crippen molar-refractivity contribution in [2.75, 3.05) is 4.90 Å². The lowest BCUT2D eigenvalue weighted by Gasteiger charge is -2.26. The van der Waals surface area contributed by atoms with Gasteiger partial charge in [0.05, 0.1) is 11.4 Å². The maximum atomic E-state index is 6.41. The average molecular weight is 339 g/mol. The highest BCUT2D eigenvalue weighted by Gasteiger charge is 2.28. The molecule has 0 amide bonds. The first kappa shape index (κ1) is 15.3. The molecule has 0 atom stereocenters. The van der Waals surface area contributed by atoms with Crippen molar-refractivity contribution in [1.82, 2.24) is 0 Å². The molecule has 0 N–H and O–H groups in total. The molecule has 2 nitrogen and oxygen atoms in total. The van der Waals surface area contributed by atoms with E-state index in [1.54, 1.807) is 0 Å². The lowest BCUT2D eigenvalue weighted by atomic mass is 10.0. The van der Waals surface area contributed by atoms with Crippen molar-refractivity contribution in [2.45, 2.75) is 26.7 Å². The van der Waals surface area contributed by atoms with Crippen LogP contribution in [0, 0.1) is 13.8 Å². The largest absolute Gasteiger partial charge is 0.439 e. The Morgan fingerprint density at radius 1 is 0.808 bits per heavy atom. The second-order valence-electron chi connectivity index (χ2n) is 7.14. The van der Waals surface area contributed by atoms with Gasteiger partial charge < -0.3 is 4.42 Å². The summed E-state index contributed by atoms with van der Waals surface area (Å²) < 4.78 is 6.41. The zero-order valence-electron chi connectivity index (χ0n) is 15.1. The van der Waals surface area contributed by atoms with Crippen LogP contribution in [0.4, 0.5) is 17.3 Å². The molecule has 26 heavy (non-hydrogen) atoms. The van der Waals surface area contributed by atoms with Crippen molar-refractivity contribution in [3.8, 4) is 0 Å². The molecule has 0 fully saturated rings. The van der Waals surface area contributed by atoms with Gasteiger partial charge in [-0.1, -0.05) is 54.1 Å². The van der Waals surface area contributed by atoms with Crippen LogP contribution in [-0.2, 0) is 12.8 Å². The highest BCUT2D eigenvalue weighted by Crippen LogP contribution is 2.46. The number of fused-ring (bicyclic) bond motifs is 4. The molecule has 0 spiro atoms. The van der Waals surface area contributed by atoms with Gasteiger partial charge in [0.15, 0.2) is 0 Å². The zero-order chi connectivity index (χ0) is 17.7. The number of furan rings is 1. The van der Waals surface area contributed by atoms with E-state index in [0.717, 1.165) is 24.3 Å². The molecule has 0 aliphatic carbocycles. The molecule has 128 valence electrons. The van der Waals surface area contributed by atoms with Crippen molar-refractivity contribution in [2.24, 2.45) is 0 Å². The minimum atomic E-state index is 0.961. The lowest BCUT2D eigenvalue weighted by molar-refractivity contribution is 0.617. The molecule has 0 bridgehead atoms. The van der Waals surface area contributed by atoms with E-state index in [0.29, 0.717) is 0 Å². The molecule has 5 rings (SSSR count). The van der Waals surface area contributed by atoms with Crippen LogP contribution in [0.2, 0.25) is 0 Å². The van der Waals surface area contributed by atoms with Crippen LogP contribution in [0.1, 0.15) is 22.3 Å². The standard InChI is InChI=1S/C24H21NO/c1-16-11-14-21(17(2)15-16)25-22-9-5-3-7-18(22)12-13-20-19-8-4-6-10-23(19)26-24(20)25/h3-11,14-15H,12-13H2,1-2H3. The smallest absolute Gasteiger partial charge is 0.209 e. The van der Waals surface area contributed by atoms with Crippen molar-refractivity contribution in [3.63, 3.8) is 0 Å². The van der Waals surface area contributed by atoms with E-state index < -0.39 is 0 Å². The summed E-state index contributed by atoms with van der Waals surface area (Å²) >= 11 is 0. The van der Waals surface area contributed by atoms with Crippen LogP contribution in [0.5, 0.6) is 0 Å². The third-order valence-electron chi connectivity index (χ3n) is 5.35. The van der Waals surface area contributed by atoms with Crippen LogP contribution in [0.15, 0.2) is 71.1 Å². The summed E-state index contributed by atoms with van der Waals surface area (Å²) in [5, 5.41) is 1.23. The highest BCUT2D eigenvalue weighted by atomic mass is 16.4. The van der Waals surface area contributed by atoms with Crippen LogP contribution >= 0.6 is 0 Å². The van der Waals surface area contributed by atoms with Crippen LogP contribution in [-0.4, -0.2) is 0 Å². The minimum Gasteiger partial charge on any atom is -0.439 e. The first-order valence-corrected chi connectivity index (χ1v) is 9.18. The molecule has 1 aliphatic rings. The van der Waals surface area contributed by atoms with Crippen molar-refractivity contribution < 1.29 is 4.42 Å². The van der Waals surface area contributed by atoms with Gasteiger partial charge in [-0.2, -0.15) is 0 Å². The van der Waals surface area contributed by atoms with Crippen LogP contribution in [0.3, 0.4) is 0 Å². The van der Waals surface area contributed by atoms with Crippen LogP contribution < -0.4 is 4.90 Å². The van der Waals surface area contributed by atoms with Gasteiger partial charge in [0.2, 0.25) is 5.88 Å². The summed E-state index contributed by atoms with van der Waals surface area (Å²) in [6.45, 7) is 4.32. The fraction of sp³-hybridized carbons (Fsp3) is 0.167. The molecule has 3 aromatic carbocycles. The van der Waals surface area contributed by atoms with Gasteiger partial charge in [-0.05, 0) is 56.0 Å². The number of benzene rings is 3. The number of para-hydroxylation sites is 2. The summed E-state index contributed by atoms with van der Waals surface area (Å²) in [4.78, 5) is 2.31. The van der Waals surface area contributed by atoms with Gasteiger partial charge in [-0.25, -0.2) is 0 Å². The Balaban J connectivity index is 1.84. The van der Waals surface area contributed by atoms with E-state index in [9.17, 15) is 0 Å². The summed E-state index contributed by atoms with van der Waals surface area (Å²) in [6, 6.07) is 23.7. The number of rotatable bonds is 1. The molecule has 0 saturated heterocycles. The van der Waals surface area contributed by atoms with Gasteiger partial charge in [-0.15, -0.1) is 0 Å². The third-order valence-corrected chi connectivity index (χ3v) is 5.35. The predicted octanol–water partition coefficient (Wildman–Crippen LogP) is 6.62. The summed E-state index contributed by atoms with van der Waals surface area (Å²) in [5.74, 6) is 0.961. The Kier molecular flexibility index (Phi) is 3.39. The molecule has 1 aromatic heterocycles. The fourth-order valence-corrected chi connectivity index (χ4v) is 4.11. The Bertz CT molecular complexity index is 1120. The third kappa shape index (κ3) is 2.26. The van der Waals surface area contributed by atoms with Crippen molar-refractivity contribution in [3.05, 3.63) is 89.0 Å². The number of hydrogen-bond acceptors (Lipinski definition) is 2. The Labute approximate surface area is 153 Å². The molecular formula is C24H21NO. The van der Waals surface area contributed by atoms with Crippen LogP contribution in [0.25, 0.3) is 11.0 Å². The van der Waals surface area contributed by atoms with Gasteiger partial charge >= 0.3 is 0 Å². The SMILES string of the molecule is Cc1ccc(N2c3ccccc3CCc3c2oc2ccccc32)c(C)c1. The van der Waals surface area contributed by atoms with Gasteiger partial charge in [-0.3, -0.25) is 4.90 Å². The normalized spacial score (nSPS) is 13.4. The van der Waals surface area contributed by atoms with Crippen molar-refractivity contribution >= 4 is 28.2 Å². The molecule has 0 saturated carbocycles. The first-order chi connectivity index (χ1) is 12.7. The van der Waals surface area contributed by atoms with Crippen molar-refractivity contribution in [1.29, 1.82) is 0 Å². The highest BCUT2D eigenvalue weighted by molar-refractivity contribution is 5.91. The monoisotopic (exact) mass is 339 g/mol. The molecule has 2 heteroatoms. The van der Waals surface area contributed by atoms with E-state index in [4.69, 9.17) is 4.42 Å². The number of aryl methyl sites for hydroxylation is 4. The van der Waals surface area contributed by atoms with E-state index >= 15 is 0 Å². The zero-order valence-corrected chi connectivity index (χ0v) is 15.1. The molecule has 4 aromatic rings.